The molecule has 0 aliphatic carbocycles. The molecule has 3 aromatic heterocycles. The Balaban J connectivity index is 1.21. The van der Waals surface area contributed by atoms with Gasteiger partial charge in [0, 0.05) is 43.6 Å². The third-order valence-electron chi connectivity index (χ3n) is 9.08. The van der Waals surface area contributed by atoms with Crippen molar-refractivity contribution in [1.82, 2.24) is 8.75 Å². The van der Waals surface area contributed by atoms with Crippen LogP contribution in [0.2, 0.25) is 0 Å². The number of nitrogens with zero attached hydrogens (tertiary/aromatic N) is 4. The van der Waals surface area contributed by atoms with Crippen LogP contribution in [0.5, 0.6) is 0 Å². The molecule has 252 valence electrons. The number of fused-ring (bicyclic) bond motifs is 1. The average Bonchev–Trinajstić information content (AvgIpc) is 3.92. The minimum atomic E-state index is 0.514. The maximum absolute atomic E-state index is 7.00. The minimum Gasteiger partial charge on any atom is -0.396 e. The van der Waals surface area contributed by atoms with Crippen LogP contribution in [-0.2, 0) is 0 Å². The standard InChI is InChI=1S/C42H36N6S3/c1-25-5-13-29(14-6-25)47(30-15-7-26(2)8-16-30)35-23-21-33(49-35)37-39(43)40(44)38(42-41(37)45-51-46-42)34-22-24-36(50-34)48(31-17-9-27(3)10-18-31)32-19-11-28(4)12-20-32/h5-24H,43-44H2,1-4H3. The third kappa shape index (κ3) is 6.14. The molecule has 51 heavy (non-hydrogen) atoms. The summed E-state index contributed by atoms with van der Waals surface area (Å²) in [6.45, 7) is 8.42. The number of aromatic nitrogens is 2. The average molecular weight is 721 g/mol. The van der Waals surface area contributed by atoms with Crippen LogP contribution in [0.3, 0.4) is 0 Å². The second-order valence-electron chi connectivity index (χ2n) is 12.8. The van der Waals surface area contributed by atoms with Crippen LogP contribution in [0.15, 0.2) is 121 Å². The predicted molar refractivity (Wildman–Crippen MR) is 221 cm³/mol. The lowest BCUT2D eigenvalue weighted by Gasteiger charge is -2.24. The first-order valence-corrected chi connectivity index (χ1v) is 19.0. The van der Waals surface area contributed by atoms with E-state index in [0.717, 1.165) is 64.7 Å². The van der Waals surface area contributed by atoms with Crippen LogP contribution in [0.25, 0.3) is 31.9 Å². The Kier molecular flexibility index (Phi) is 8.55. The maximum atomic E-state index is 7.00. The highest BCUT2D eigenvalue weighted by molar-refractivity contribution is 7.20. The van der Waals surface area contributed by atoms with Crippen molar-refractivity contribution < 1.29 is 0 Å². The Morgan fingerprint density at radius 1 is 0.412 bits per heavy atom. The van der Waals surface area contributed by atoms with Gasteiger partial charge in [-0.05, 0) is 100 Å². The molecule has 0 unspecified atom stereocenters. The van der Waals surface area contributed by atoms with Crippen LogP contribution in [0, 0.1) is 27.7 Å². The van der Waals surface area contributed by atoms with E-state index in [2.05, 4.69) is 159 Å². The predicted octanol–water partition coefficient (Wildman–Crippen LogP) is 12.5. The van der Waals surface area contributed by atoms with E-state index in [1.807, 2.05) is 0 Å². The van der Waals surface area contributed by atoms with Gasteiger partial charge in [-0.15, -0.1) is 22.7 Å². The normalized spacial score (nSPS) is 11.3. The van der Waals surface area contributed by atoms with Crippen molar-refractivity contribution in [2.75, 3.05) is 21.3 Å². The fourth-order valence-corrected chi connectivity index (χ4v) is 9.06. The Morgan fingerprint density at radius 2 is 0.706 bits per heavy atom. The zero-order valence-electron chi connectivity index (χ0n) is 28.7. The number of nitrogens with two attached hydrogens (primary N) is 2. The highest BCUT2D eigenvalue weighted by Crippen LogP contribution is 2.51. The summed E-state index contributed by atoms with van der Waals surface area (Å²) in [6, 6.07) is 42.9. The summed E-state index contributed by atoms with van der Waals surface area (Å²) in [5.74, 6) is 0. The van der Waals surface area contributed by atoms with Crippen molar-refractivity contribution in [2.24, 2.45) is 0 Å². The molecule has 0 saturated carbocycles. The summed E-state index contributed by atoms with van der Waals surface area (Å²) < 4.78 is 9.62. The lowest BCUT2D eigenvalue weighted by atomic mass is 10.0. The molecule has 5 aromatic carbocycles. The Hall–Kier alpha value is -5.48. The number of hydrogen-bond donors (Lipinski definition) is 2. The molecule has 6 nitrogen and oxygen atoms in total. The number of benzene rings is 5. The minimum absolute atomic E-state index is 0.514. The second-order valence-corrected chi connectivity index (χ2v) is 15.5. The van der Waals surface area contributed by atoms with Gasteiger partial charge in [0.25, 0.3) is 0 Å². The number of thiophene rings is 2. The molecule has 0 radical (unpaired) electrons. The molecule has 0 amide bonds. The topological polar surface area (TPSA) is 84.3 Å². The van der Waals surface area contributed by atoms with Crippen molar-refractivity contribution in [3.05, 3.63) is 144 Å². The van der Waals surface area contributed by atoms with Gasteiger partial charge in [0.1, 0.15) is 21.0 Å². The van der Waals surface area contributed by atoms with Gasteiger partial charge in [-0.3, -0.25) is 0 Å². The van der Waals surface area contributed by atoms with Crippen LogP contribution < -0.4 is 21.3 Å². The fraction of sp³-hybridized carbons (Fsp3) is 0.0952. The van der Waals surface area contributed by atoms with Crippen LogP contribution in [0.4, 0.5) is 44.1 Å². The molecular weight excluding hydrogens is 685 g/mol. The van der Waals surface area contributed by atoms with Crippen molar-refractivity contribution in [3.8, 4) is 20.9 Å². The SMILES string of the molecule is Cc1ccc(N(c2ccc(C)cc2)c2ccc(-c3c(N)c(N)c(-c4ccc(N(c5ccc(C)cc5)c5ccc(C)cc5)s4)c4nsnc34)s2)cc1. The maximum Gasteiger partial charge on any atom is 0.116 e. The van der Waals surface area contributed by atoms with E-state index in [1.54, 1.807) is 22.7 Å². The summed E-state index contributed by atoms with van der Waals surface area (Å²) in [5, 5.41) is 2.12. The summed E-state index contributed by atoms with van der Waals surface area (Å²) in [4.78, 5) is 6.52. The third-order valence-corrected chi connectivity index (χ3v) is 11.8. The first kappa shape index (κ1) is 32.7. The van der Waals surface area contributed by atoms with E-state index in [9.17, 15) is 0 Å². The summed E-state index contributed by atoms with van der Waals surface area (Å²) in [5.41, 5.74) is 27.4. The first-order chi connectivity index (χ1) is 24.7. The molecular formula is C42H36N6S3. The molecule has 3 heterocycles. The van der Waals surface area contributed by atoms with Gasteiger partial charge < -0.3 is 21.3 Å². The highest BCUT2D eigenvalue weighted by Gasteiger charge is 2.25. The number of nitrogen functional groups attached to an aromatic ring is 2. The molecule has 9 heteroatoms. The molecule has 8 aromatic rings. The number of hydrogen-bond acceptors (Lipinski definition) is 9. The molecule has 8 rings (SSSR count). The van der Waals surface area contributed by atoms with E-state index in [1.165, 1.54) is 34.0 Å². The van der Waals surface area contributed by atoms with Gasteiger partial charge in [0.05, 0.1) is 23.1 Å². The van der Waals surface area contributed by atoms with E-state index >= 15 is 0 Å². The van der Waals surface area contributed by atoms with Crippen LogP contribution in [0.1, 0.15) is 22.3 Å². The molecule has 0 fully saturated rings. The summed E-state index contributed by atoms with van der Waals surface area (Å²) >= 11 is 4.51. The number of anilines is 8. The monoisotopic (exact) mass is 720 g/mol. The summed E-state index contributed by atoms with van der Waals surface area (Å²) in [6.07, 6.45) is 0. The Bertz CT molecular complexity index is 2210. The molecule has 4 N–H and O–H groups in total. The van der Waals surface area contributed by atoms with Crippen molar-refractivity contribution >= 4 is 89.6 Å². The highest BCUT2D eigenvalue weighted by atomic mass is 32.1. The van der Waals surface area contributed by atoms with Gasteiger partial charge in [-0.2, -0.15) is 8.75 Å². The number of rotatable bonds is 8. The second kappa shape index (κ2) is 13.3. The number of aryl methyl sites for hydroxylation is 4. The van der Waals surface area contributed by atoms with E-state index in [0.29, 0.717) is 11.4 Å². The molecule has 0 aliphatic rings. The lowest BCUT2D eigenvalue weighted by molar-refractivity contribution is 1.29. The van der Waals surface area contributed by atoms with E-state index in [-0.39, 0.29) is 0 Å². The smallest absolute Gasteiger partial charge is 0.116 e. The van der Waals surface area contributed by atoms with Crippen molar-refractivity contribution in [1.29, 1.82) is 0 Å². The molecule has 0 spiro atoms. The van der Waals surface area contributed by atoms with Crippen molar-refractivity contribution in [2.45, 2.75) is 27.7 Å². The van der Waals surface area contributed by atoms with Gasteiger partial charge in [-0.1, -0.05) is 70.8 Å². The van der Waals surface area contributed by atoms with E-state index in [4.69, 9.17) is 20.2 Å². The molecule has 0 atom stereocenters. The Morgan fingerprint density at radius 3 is 1.00 bits per heavy atom. The summed E-state index contributed by atoms with van der Waals surface area (Å²) in [7, 11) is 0. The molecule has 0 bridgehead atoms. The van der Waals surface area contributed by atoms with Gasteiger partial charge in [0.15, 0.2) is 0 Å². The molecule has 0 saturated heterocycles. The van der Waals surface area contributed by atoms with E-state index < -0.39 is 0 Å². The largest absolute Gasteiger partial charge is 0.396 e. The lowest BCUT2D eigenvalue weighted by Crippen LogP contribution is -2.08. The van der Waals surface area contributed by atoms with Gasteiger partial charge in [0.2, 0.25) is 0 Å². The zero-order valence-corrected chi connectivity index (χ0v) is 31.2. The zero-order chi connectivity index (χ0) is 35.2. The van der Waals surface area contributed by atoms with Crippen LogP contribution >= 0.6 is 34.4 Å². The molecule has 0 aliphatic heterocycles. The van der Waals surface area contributed by atoms with Gasteiger partial charge in [-0.25, -0.2) is 0 Å². The Labute approximate surface area is 310 Å². The van der Waals surface area contributed by atoms with Crippen molar-refractivity contribution in [3.63, 3.8) is 0 Å². The first-order valence-electron chi connectivity index (χ1n) is 16.7. The van der Waals surface area contributed by atoms with Crippen LogP contribution in [-0.4, -0.2) is 8.75 Å². The quantitative estimate of drug-likeness (QED) is 0.152. The van der Waals surface area contributed by atoms with Gasteiger partial charge >= 0.3 is 0 Å². The fourth-order valence-electron chi connectivity index (χ4n) is 6.29.